The molecule has 3 N–H and O–H groups in total. The highest BCUT2D eigenvalue weighted by Crippen LogP contribution is 2.34. The van der Waals surface area contributed by atoms with Gasteiger partial charge < -0.3 is 10.2 Å². The summed E-state index contributed by atoms with van der Waals surface area (Å²) in [6.45, 7) is 0.565. The minimum Gasteiger partial charge on any atom is -0.492 e. The van der Waals surface area contributed by atoms with E-state index in [0.29, 0.717) is 6.61 Å². The molecule has 1 aliphatic heterocycles. The van der Waals surface area contributed by atoms with Crippen LogP contribution in [0, 0.1) is 0 Å². The highest BCUT2D eigenvalue weighted by atomic mass is 16.5. The first-order valence-electron chi connectivity index (χ1n) is 6.20. The van der Waals surface area contributed by atoms with Crippen LogP contribution in [0.5, 0.6) is 5.75 Å². The number of benzene rings is 2. The maximum atomic E-state index is 5.66. The number of nitrogens with zero attached hydrogens (tertiary/aromatic N) is 1. The average molecular weight is 253 g/mol. The number of hydrogen-bond donors (Lipinski definition) is 2. The molecule has 4 heteroatoms. The number of nitrogens with one attached hydrogen (secondary N) is 1. The van der Waals surface area contributed by atoms with Gasteiger partial charge in [-0.15, -0.1) is 0 Å². The molecule has 19 heavy (non-hydrogen) atoms. The van der Waals surface area contributed by atoms with E-state index in [0.717, 1.165) is 22.8 Å². The third kappa shape index (κ3) is 2.30. The Labute approximate surface area is 111 Å². The van der Waals surface area contributed by atoms with Crippen LogP contribution in [0.4, 0.5) is 5.69 Å². The molecule has 0 aromatic heterocycles. The Hall–Kier alpha value is -2.33. The maximum absolute atomic E-state index is 5.66. The predicted octanol–water partition coefficient (Wildman–Crippen LogP) is 2.36. The molecule has 0 fully saturated rings. The first-order chi connectivity index (χ1) is 9.38. The van der Waals surface area contributed by atoms with Crippen molar-refractivity contribution in [3.63, 3.8) is 0 Å². The number of hydrazine groups is 1. The minimum absolute atomic E-state index is 0.0569. The number of ether oxygens (including phenoxy) is 1. The number of nitrogens with two attached hydrogens (primary N) is 1. The van der Waals surface area contributed by atoms with Crippen LogP contribution < -0.4 is 16.0 Å². The second kappa shape index (κ2) is 5.12. The zero-order chi connectivity index (χ0) is 13.1. The highest BCUT2D eigenvalue weighted by Gasteiger charge is 2.27. The topological polar surface area (TPSA) is 59.6 Å². The Morgan fingerprint density at radius 1 is 1.11 bits per heavy atom. The summed E-state index contributed by atoms with van der Waals surface area (Å²) in [5, 5.41) is 0. The van der Waals surface area contributed by atoms with E-state index in [2.05, 4.69) is 10.4 Å². The van der Waals surface area contributed by atoms with Gasteiger partial charge in [0.25, 0.3) is 0 Å². The van der Waals surface area contributed by atoms with Crippen molar-refractivity contribution >= 4 is 11.5 Å². The fourth-order valence-electron chi connectivity index (χ4n) is 2.24. The number of amidine groups is 1. The van der Waals surface area contributed by atoms with E-state index in [1.165, 1.54) is 0 Å². The molecule has 0 saturated carbocycles. The summed E-state index contributed by atoms with van der Waals surface area (Å²) in [4.78, 5) is 4.56. The predicted molar refractivity (Wildman–Crippen MR) is 75.5 cm³/mol. The van der Waals surface area contributed by atoms with Gasteiger partial charge in [0.1, 0.15) is 18.2 Å². The lowest BCUT2D eigenvalue weighted by Crippen LogP contribution is -2.35. The van der Waals surface area contributed by atoms with Crippen LogP contribution in [0.15, 0.2) is 59.6 Å². The van der Waals surface area contributed by atoms with E-state index in [1.54, 1.807) is 0 Å². The largest absolute Gasteiger partial charge is 0.492 e. The van der Waals surface area contributed by atoms with Gasteiger partial charge in [0.15, 0.2) is 0 Å². The molecule has 1 aliphatic rings. The molecule has 2 aromatic rings. The normalized spacial score (nSPS) is 17.7. The summed E-state index contributed by atoms with van der Waals surface area (Å²) in [7, 11) is 0. The first-order valence-corrected chi connectivity index (χ1v) is 6.20. The molecular weight excluding hydrogens is 238 g/mol. The fourth-order valence-corrected chi connectivity index (χ4v) is 2.24. The second-order valence-electron chi connectivity index (χ2n) is 4.38. The van der Waals surface area contributed by atoms with Crippen molar-refractivity contribution in [1.82, 2.24) is 5.43 Å². The minimum atomic E-state index is 0.0569. The molecule has 0 spiro atoms. The molecule has 3 rings (SSSR count). The van der Waals surface area contributed by atoms with Crippen molar-refractivity contribution in [1.29, 1.82) is 0 Å². The number of para-hydroxylation sites is 2. The molecule has 0 aliphatic carbocycles. The van der Waals surface area contributed by atoms with Crippen molar-refractivity contribution < 1.29 is 4.74 Å². The van der Waals surface area contributed by atoms with Gasteiger partial charge in [-0.25, -0.2) is 10.8 Å². The zero-order valence-electron chi connectivity index (χ0n) is 10.4. The molecule has 0 bridgehead atoms. The average Bonchev–Trinajstić information content (AvgIpc) is 2.90. The van der Waals surface area contributed by atoms with Crippen LogP contribution in [0.25, 0.3) is 0 Å². The van der Waals surface area contributed by atoms with Gasteiger partial charge in [-0.05, 0) is 18.2 Å². The second-order valence-corrected chi connectivity index (χ2v) is 4.38. The molecule has 0 saturated heterocycles. The summed E-state index contributed by atoms with van der Waals surface area (Å²) in [6, 6.07) is 17.7. The molecule has 1 heterocycles. The summed E-state index contributed by atoms with van der Waals surface area (Å²) in [6.07, 6.45) is 0. The molecular formula is C15H15N3O. The van der Waals surface area contributed by atoms with Gasteiger partial charge in [0.05, 0.1) is 11.6 Å². The number of rotatable bonds is 2. The summed E-state index contributed by atoms with van der Waals surface area (Å²) < 4.78 is 5.66. The van der Waals surface area contributed by atoms with Crippen molar-refractivity contribution in [2.45, 2.75) is 5.92 Å². The Morgan fingerprint density at radius 2 is 1.84 bits per heavy atom. The summed E-state index contributed by atoms with van der Waals surface area (Å²) in [5.41, 5.74) is 4.70. The van der Waals surface area contributed by atoms with Gasteiger partial charge in [-0.1, -0.05) is 36.4 Å². The smallest absolute Gasteiger partial charge is 0.127 e. The lowest BCUT2D eigenvalue weighted by atomic mass is 10.0. The van der Waals surface area contributed by atoms with Crippen LogP contribution in [0.3, 0.4) is 0 Å². The van der Waals surface area contributed by atoms with Crippen molar-refractivity contribution in [2.75, 3.05) is 6.61 Å². The van der Waals surface area contributed by atoms with E-state index in [9.17, 15) is 0 Å². The van der Waals surface area contributed by atoms with Crippen LogP contribution in [-0.2, 0) is 0 Å². The van der Waals surface area contributed by atoms with Crippen LogP contribution in [-0.4, -0.2) is 12.4 Å². The monoisotopic (exact) mass is 253 g/mol. The number of aliphatic imine (C=N–C) groups is 1. The first kappa shape index (κ1) is 11.7. The Kier molecular flexibility index (Phi) is 3.16. The zero-order valence-corrected chi connectivity index (χ0v) is 10.4. The van der Waals surface area contributed by atoms with Gasteiger partial charge in [0.2, 0.25) is 0 Å². The van der Waals surface area contributed by atoms with E-state index in [-0.39, 0.29) is 5.92 Å². The van der Waals surface area contributed by atoms with Crippen LogP contribution in [0.2, 0.25) is 0 Å². The third-order valence-corrected chi connectivity index (χ3v) is 3.18. The molecule has 0 amide bonds. The highest BCUT2D eigenvalue weighted by molar-refractivity contribution is 5.92. The quantitative estimate of drug-likeness (QED) is 0.374. The molecule has 96 valence electrons. The fraction of sp³-hybridized carbons (Fsp3) is 0.133. The van der Waals surface area contributed by atoms with E-state index < -0.39 is 0 Å². The molecule has 0 radical (unpaired) electrons. The van der Waals surface area contributed by atoms with Gasteiger partial charge in [0, 0.05) is 5.56 Å². The van der Waals surface area contributed by atoms with Gasteiger partial charge in [-0.2, -0.15) is 0 Å². The van der Waals surface area contributed by atoms with Crippen LogP contribution in [0.1, 0.15) is 11.5 Å². The number of hydrogen-bond acceptors (Lipinski definition) is 3. The Bertz CT molecular complexity index is 595. The number of fused-ring (bicyclic) bond motifs is 1. The summed E-state index contributed by atoms with van der Waals surface area (Å²) >= 11 is 0. The lowest BCUT2D eigenvalue weighted by molar-refractivity contribution is 0.348. The molecule has 2 aromatic carbocycles. The third-order valence-electron chi connectivity index (χ3n) is 3.18. The summed E-state index contributed by atoms with van der Waals surface area (Å²) in [5.74, 6) is 7.30. The van der Waals surface area contributed by atoms with E-state index in [4.69, 9.17) is 10.6 Å². The van der Waals surface area contributed by atoms with Crippen LogP contribution >= 0.6 is 0 Å². The van der Waals surface area contributed by atoms with Crippen molar-refractivity contribution in [3.8, 4) is 5.75 Å². The van der Waals surface area contributed by atoms with Gasteiger partial charge >= 0.3 is 0 Å². The molecule has 1 atom stereocenters. The standard InChI is InChI=1S/C15H15N3O/c16-18-15(17-11-6-2-1-3-7-11)13-10-19-14-9-5-4-8-12(13)14/h1-9,13H,10,16H2,(H,17,18). The van der Waals surface area contributed by atoms with Gasteiger partial charge in [-0.3, -0.25) is 0 Å². The van der Waals surface area contributed by atoms with E-state index >= 15 is 0 Å². The molecule has 4 nitrogen and oxygen atoms in total. The van der Waals surface area contributed by atoms with Crippen molar-refractivity contribution in [3.05, 3.63) is 60.2 Å². The molecule has 1 unspecified atom stereocenters. The Morgan fingerprint density at radius 3 is 2.63 bits per heavy atom. The van der Waals surface area contributed by atoms with Crippen molar-refractivity contribution in [2.24, 2.45) is 10.8 Å². The maximum Gasteiger partial charge on any atom is 0.127 e. The van der Waals surface area contributed by atoms with E-state index in [1.807, 2.05) is 54.6 Å². The SMILES string of the molecule is NNC(=Nc1ccccc1)C1COc2ccccc21. The lowest BCUT2D eigenvalue weighted by Gasteiger charge is -2.12. The Balaban J connectivity index is 1.95.